The molecule has 144 valence electrons. The Labute approximate surface area is 154 Å². The lowest BCUT2D eigenvalue weighted by atomic mass is 10.3. The van der Waals surface area contributed by atoms with Crippen LogP contribution in [-0.4, -0.2) is 70.5 Å². The van der Waals surface area contributed by atoms with Crippen LogP contribution < -0.4 is 5.32 Å². The second kappa shape index (κ2) is 7.94. The first-order valence-corrected chi connectivity index (χ1v) is 8.10. The summed E-state index contributed by atoms with van der Waals surface area (Å²) in [4.78, 5) is 62.4. The van der Waals surface area contributed by atoms with Crippen LogP contribution in [0.15, 0.2) is 24.3 Å². The van der Waals surface area contributed by atoms with E-state index in [1.165, 1.54) is 31.3 Å². The van der Waals surface area contributed by atoms with Crippen LogP contribution in [0, 0.1) is 5.82 Å². The summed E-state index contributed by atoms with van der Waals surface area (Å²) in [5.41, 5.74) is 0.352. The number of hydrogen-bond donors (Lipinski definition) is 1. The number of imide groups is 2. The highest BCUT2D eigenvalue weighted by Gasteiger charge is 2.46. The maximum atomic E-state index is 12.8. The Morgan fingerprint density at radius 1 is 1.11 bits per heavy atom. The Morgan fingerprint density at radius 3 is 2.22 bits per heavy atom. The number of likely N-dealkylation sites (N-methyl/N-ethyl adjacent to an activating group) is 1. The van der Waals surface area contributed by atoms with Gasteiger partial charge in [0.15, 0.2) is 0 Å². The van der Waals surface area contributed by atoms with Crippen LogP contribution in [0.1, 0.15) is 13.8 Å². The molecular weight excluding hydrogens is 359 g/mol. The number of urea groups is 1. The maximum Gasteiger partial charge on any atom is 0.334 e. The van der Waals surface area contributed by atoms with Crippen LogP contribution in [-0.2, 0) is 19.2 Å². The van der Waals surface area contributed by atoms with Crippen molar-refractivity contribution >= 4 is 35.3 Å². The van der Waals surface area contributed by atoms with Crippen molar-refractivity contribution in [1.82, 2.24) is 14.7 Å². The van der Waals surface area contributed by atoms with E-state index in [1.54, 1.807) is 13.8 Å². The van der Waals surface area contributed by atoms with E-state index in [0.29, 0.717) is 10.6 Å². The molecule has 9 nitrogen and oxygen atoms in total. The molecular formula is C17H19FN4O5. The molecule has 1 aromatic rings. The Balaban J connectivity index is 1.94. The smallest absolute Gasteiger partial charge is 0.334 e. The molecule has 1 aliphatic rings. The van der Waals surface area contributed by atoms with Gasteiger partial charge in [0.05, 0.1) is 6.54 Å². The van der Waals surface area contributed by atoms with Crippen LogP contribution in [0.3, 0.4) is 0 Å². The molecule has 0 atom stereocenters. The minimum atomic E-state index is -1.08. The number of nitrogens with one attached hydrogen (secondary N) is 1. The predicted octanol–water partition coefficient (Wildman–Crippen LogP) is 0.422. The van der Waals surface area contributed by atoms with Crippen molar-refractivity contribution < 1.29 is 28.4 Å². The van der Waals surface area contributed by atoms with Crippen LogP contribution in [0.2, 0.25) is 0 Å². The number of hydrogen-bond acceptors (Lipinski definition) is 5. The third kappa shape index (κ3) is 4.46. The zero-order valence-electron chi connectivity index (χ0n) is 15.1. The van der Waals surface area contributed by atoms with Gasteiger partial charge in [0.25, 0.3) is 0 Å². The first-order valence-electron chi connectivity index (χ1n) is 8.10. The molecule has 1 fully saturated rings. The molecule has 0 aromatic heterocycles. The summed E-state index contributed by atoms with van der Waals surface area (Å²) < 4.78 is 12.8. The largest absolute Gasteiger partial charge is 0.335 e. The minimum absolute atomic E-state index is 0.352. The fraction of sp³-hybridized carbons (Fsp3) is 0.353. The molecule has 0 radical (unpaired) electrons. The lowest BCUT2D eigenvalue weighted by molar-refractivity contribution is -0.145. The quantitative estimate of drug-likeness (QED) is 0.570. The van der Waals surface area contributed by atoms with Gasteiger partial charge in [-0.25, -0.2) is 14.1 Å². The van der Waals surface area contributed by atoms with Gasteiger partial charge in [0.1, 0.15) is 12.4 Å². The van der Waals surface area contributed by atoms with E-state index in [4.69, 9.17) is 0 Å². The van der Waals surface area contributed by atoms with E-state index in [1.807, 2.05) is 0 Å². The van der Waals surface area contributed by atoms with Gasteiger partial charge in [0.2, 0.25) is 11.8 Å². The molecule has 2 rings (SSSR count). The van der Waals surface area contributed by atoms with Gasteiger partial charge in [-0.3, -0.25) is 24.1 Å². The SMILES string of the molecule is CC(C)N1C(=O)C(=O)N(CC(=O)N(C)CC(=O)Nc2ccc(F)cc2)C1=O. The second-order valence-electron chi connectivity index (χ2n) is 6.25. The topological polar surface area (TPSA) is 107 Å². The highest BCUT2D eigenvalue weighted by molar-refractivity contribution is 6.45. The van der Waals surface area contributed by atoms with Crippen LogP contribution >= 0.6 is 0 Å². The average Bonchev–Trinajstić information content (AvgIpc) is 2.80. The third-order valence-electron chi connectivity index (χ3n) is 3.83. The summed E-state index contributed by atoms with van der Waals surface area (Å²) in [6.45, 7) is 2.14. The minimum Gasteiger partial charge on any atom is -0.335 e. The Morgan fingerprint density at radius 2 is 1.70 bits per heavy atom. The lowest BCUT2D eigenvalue weighted by Gasteiger charge is -2.21. The van der Waals surface area contributed by atoms with Gasteiger partial charge >= 0.3 is 17.8 Å². The van der Waals surface area contributed by atoms with E-state index in [0.717, 1.165) is 9.80 Å². The van der Waals surface area contributed by atoms with Gasteiger partial charge in [-0.15, -0.1) is 0 Å². The summed E-state index contributed by atoms with van der Waals surface area (Å²) in [6, 6.07) is 3.69. The van der Waals surface area contributed by atoms with Crippen LogP contribution in [0.4, 0.5) is 14.9 Å². The molecule has 0 bridgehead atoms. The molecule has 1 aromatic carbocycles. The van der Waals surface area contributed by atoms with Crippen LogP contribution in [0.5, 0.6) is 0 Å². The highest BCUT2D eigenvalue weighted by atomic mass is 19.1. The number of nitrogens with zero attached hydrogens (tertiary/aromatic N) is 3. The summed E-state index contributed by atoms with van der Waals surface area (Å²) >= 11 is 0. The van der Waals surface area contributed by atoms with E-state index >= 15 is 0 Å². The average molecular weight is 378 g/mol. The first kappa shape index (κ1) is 20.0. The number of anilines is 1. The Hall–Kier alpha value is -3.30. The monoisotopic (exact) mass is 378 g/mol. The number of amides is 6. The zero-order valence-corrected chi connectivity index (χ0v) is 15.1. The molecule has 1 aliphatic heterocycles. The fourth-order valence-corrected chi connectivity index (χ4v) is 2.41. The maximum absolute atomic E-state index is 12.8. The predicted molar refractivity (Wildman–Crippen MR) is 91.8 cm³/mol. The molecule has 1 saturated heterocycles. The summed E-state index contributed by atoms with van der Waals surface area (Å²) in [7, 11) is 1.32. The van der Waals surface area contributed by atoms with E-state index < -0.39 is 48.1 Å². The van der Waals surface area contributed by atoms with Gasteiger partial charge in [0, 0.05) is 18.8 Å². The third-order valence-corrected chi connectivity index (χ3v) is 3.83. The van der Waals surface area contributed by atoms with Gasteiger partial charge in [-0.05, 0) is 38.1 Å². The molecule has 10 heteroatoms. The number of benzene rings is 1. The van der Waals surface area contributed by atoms with Crippen molar-refractivity contribution in [2.75, 3.05) is 25.5 Å². The molecule has 0 saturated carbocycles. The summed E-state index contributed by atoms with van der Waals surface area (Å²) in [5.74, 6) is -3.75. The highest BCUT2D eigenvalue weighted by Crippen LogP contribution is 2.15. The molecule has 0 aliphatic carbocycles. The van der Waals surface area contributed by atoms with Crippen molar-refractivity contribution in [3.63, 3.8) is 0 Å². The summed E-state index contributed by atoms with van der Waals surface area (Å²) in [5, 5.41) is 2.49. The van der Waals surface area contributed by atoms with E-state index in [-0.39, 0.29) is 6.54 Å². The zero-order chi connectivity index (χ0) is 20.3. The molecule has 0 spiro atoms. The Bertz CT molecular complexity index is 793. The normalized spacial score (nSPS) is 14.2. The molecule has 27 heavy (non-hydrogen) atoms. The number of carbonyl (C=O) groups excluding carboxylic acids is 5. The van der Waals surface area contributed by atoms with E-state index in [2.05, 4.69) is 5.32 Å². The standard InChI is InChI=1S/C17H19FN4O5/c1-10(2)22-16(26)15(25)21(17(22)27)9-14(24)20(3)8-13(23)19-12-6-4-11(18)5-7-12/h4-7,10H,8-9H2,1-3H3,(H,19,23). The lowest BCUT2D eigenvalue weighted by Crippen LogP contribution is -2.44. The number of halogens is 1. The number of rotatable bonds is 6. The van der Waals surface area contributed by atoms with Gasteiger partial charge in [-0.1, -0.05) is 0 Å². The number of carbonyl (C=O) groups is 5. The van der Waals surface area contributed by atoms with Crippen molar-refractivity contribution in [3.05, 3.63) is 30.1 Å². The van der Waals surface area contributed by atoms with E-state index in [9.17, 15) is 28.4 Å². The fourth-order valence-electron chi connectivity index (χ4n) is 2.41. The van der Waals surface area contributed by atoms with Gasteiger partial charge in [-0.2, -0.15) is 0 Å². The van der Waals surface area contributed by atoms with Crippen molar-refractivity contribution in [1.29, 1.82) is 0 Å². The first-order chi connectivity index (χ1) is 12.6. The Kier molecular flexibility index (Phi) is 5.88. The van der Waals surface area contributed by atoms with Crippen molar-refractivity contribution in [3.8, 4) is 0 Å². The van der Waals surface area contributed by atoms with Gasteiger partial charge < -0.3 is 10.2 Å². The van der Waals surface area contributed by atoms with Crippen molar-refractivity contribution in [2.24, 2.45) is 0 Å². The van der Waals surface area contributed by atoms with Crippen LogP contribution in [0.25, 0.3) is 0 Å². The molecule has 1 N–H and O–H groups in total. The molecule has 6 amide bonds. The van der Waals surface area contributed by atoms with Crippen molar-refractivity contribution in [2.45, 2.75) is 19.9 Å². The second-order valence-corrected chi connectivity index (χ2v) is 6.25. The molecule has 1 heterocycles. The summed E-state index contributed by atoms with van der Waals surface area (Å²) in [6.07, 6.45) is 0. The molecule has 0 unspecified atom stereocenters.